The second-order valence-corrected chi connectivity index (χ2v) is 2.87. The third-order valence-corrected chi connectivity index (χ3v) is 2.00. The van der Waals surface area contributed by atoms with Gasteiger partial charge in [0.2, 0.25) is 0 Å². The summed E-state index contributed by atoms with van der Waals surface area (Å²) in [6.45, 7) is 0. The predicted octanol–water partition coefficient (Wildman–Crippen LogP) is 2.89. The minimum atomic E-state index is -3.08. The molecule has 1 nitrogen and oxygen atoms in total. The molecule has 12 heavy (non-hydrogen) atoms. The van der Waals surface area contributed by atoms with Gasteiger partial charge in [-0.15, -0.1) is 0 Å². The minimum Gasteiger partial charge on any atom is -0.432 e. The third-order valence-electron chi connectivity index (χ3n) is 1.11. The molecule has 0 amide bonds. The van der Waals surface area contributed by atoms with Gasteiger partial charge in [-0.05, 0) is 18.2 Å². The molecular weight excluding hydrogens is 277 g/mol. The first-order valence-electron chi connectivity index (χ1n) is 3.23. The van der Waals surface area contributed by atoms with E-state index >= 15 is 0 Å². The summed E-state index contributed by atoms with van der Waals surface area (Å²) in [5.41, 5.74) is 0. The fraction of sp³-hybridized carbons (Fsp3) is 0.250. The molecule has 1 radical (unpaired) electrons. The Balaban J connectivity index is 2.64. The predicted molar refractivity (Wildman–Crippen MR) is 49.7 cm³/mol. The lowest BCUT2D eigenvalue weighted by Crippen LogP contribution is -2.26. The maximum Gasteiger partial charge on any atom is 0.407 e. The Bertz CT molecular complexity index is 238. The van der Waals surface area contributed by atoms with Crippen LogP contribution in [0, 0.1) is 6.07 Å². The van der Waals surface area contributed by atoms with Crippen LogP contribution in [0.25, 0.3) is 0 Å². The van der Waals surface area contributed by atoms with E-state index in [1.807, 2.05) is 0 Å². The van der Waals surface area contributed by atoms with Crippen LogP contribution >= 0.6 is 22.6 Å². The zero-order valence-electron chi connectivity index (χ0n) is 6.06. The van der Waals surface area contributed by atoms with E-state index in [9.17, 15) is 8.78 Å². The van der Waals surface area contributed by atoms with Gasteiger partial charge in [-0.2, -0.15) is 8.78 Å². The average molecular weight is 283 g/mol. The van der Waals surface area contributed by atoms with E-state index in [1.165, 1.54) is 24.3 Å². The Labute approximate surface area is 82.9 Å². The van der Waals surface area contributed by atoms with Gasteiger partial charge in [0.05, 0.1) is 0 Å². The molecule has 0 atom stereocenters. The summed E-state index contributed by atoms with van der Waals surface area (Å²) >= 11 is 1.57. The molecule has 0 aromatic heterocycles. The molecule has 0 aliphatic heterocycles. The Morgan fingerprint density at radius 1 is 1.42 bits per heavy atom. The molecule has 1 aromatic rings. The lowest BCUT2D eigenvalue weighted by Gasteiger charge is -2.14. The zero-order chi connectivity index (χ0) is 9.03. The van der Waals surface area contributed by atoms with Gasteiger partial charge in [0, 0.05) is 0 Å². The molecule has 65 valence electrons. The fourth-order valence-electron chi connectivity index (χ4n) is 0.639. The van der Waals surface area contributed by atoms with Crippen LogP contribution in [0.2, 0.25) is 0 Å². The second kappa shape index (κ2) is 4.02. The van der Waals surface area contributed by atoms with Gasteiger partial charge in [0.25, 0.3) is 0 Å². The Hall–Kier alpha value is -0.390. The largest absolute Gasteiger partial charge is 0.432 e. The summed E-state index contributed by atoms with van der Waals surface area (Å²) in [4.78, 5) is 0. The van der Waals surface area contributed by atoms with Crippen LogP contribution in [-0.4, -0.2) is 10.5 Å². The van der Waals surface area contributed by atoms with Crippen molar-refractivity contribution >= 4 is 22.6 Å². The van der Waals surface area contributed by atoms with E-state index in [0.29, 0.717) is 0 Å². The summed E-state index contributed by atoms with van der Waals surface area (Å²) in [5.74, 6) is 0.162. The number of hydrogen-bond acceptors (Lipinski definition) is 1. The van der Waals surface area contributed by atoms with E-state index in [1.54, 1.807) is 22.6 Å². The topological polar surface area (TPSA) is 9.23 Å². The smallest absolute Gasteiger partial charge is 0.407 e. The third kappa shape index (κ3) is 2.92. The average Bonchev–Trinajstić information content (AvgIpc) is 2.06. The van der Waals surface area contributed by atoms with Crippen molar-refractivity contribution in [3.63, 3.8) is 0 Å². The Morgan fingerprint density at radius 2 is 2.00 bits per heavy atom. The molecule has 1 rings (SSSR count). The van der Waals surface area contributed by atoms with Crippen molar-refractivity contribution in [1.29, 1.82) is 0 Å². The van der Waals surface area contributed by atoms with Gasteiger partial charge < -0.3 is 4.74 Å². The molecule has 0 aliphatic rings. The first-order valence-corrected chi connectivity index (χ1v) is 4.75. The summed E-state index contributed by atoms with van der Waals surface area (Å²) in [5, 5.41) is 0. The van der Waals surface area contributed by atoms with Crippen molar-refractivity contribution in [3.8, 4) is 5.75 Å². The second-order valence-electron chi connectivity index (χ2n) is 2.11. The molecule has 0 unspecified atom stereocenters. The number of halogens is 3. The first-order chi connectivity index (χ1) is 5.64. The zero-order valence-corrected chi connectivity index (χ0v) is 8.22. The van der Waals surface area contributed by atoms with E-state index in [4.69, 9.17) is 0 Å². The monoisotopic (exact) mass is 283 g/mol. The van der Waals surface area contributed by atoms with Crippen molar-refractivity contribution in [2.45, 2.75) is 6.11 Å². The van der Waals surface area contributed by atoms with Crippen LogP contribution in [0.1, 0.15) is 0 Å². The normalized spacial score (nSPS) is 11.2. The lowest BCUT2D eigenvalue weighted by atomic mass is 10.3. The van der Waals surface area contributed by atoms with Crippen molar-refractivity contribution < 1.29 is 13.5 Å². The summed E-state index contributed by atoms with van der Waals surface area (Å²) < 4.78 is 29.2. The van der Waals surface area contributed by atoms with Crippen LogP contribution in [0.15, 0.2) is 24.3 Å². The number of hydrogen-bond donors (Lipinski definition) is 0. The van der Waals surface area contributed by atoms with Gasteiger partial charge >= 0.3 is 6.11 Å². The highest BCUT2D eigenvalue weighted by molar-refractivity contribution is 14.1. The van der Waals surface area contributed by atoms with Crippen molar-refractivity contribution in [2.75, 3.05) is 4.43 Å². The number of ether oxygens (including phenoxy) is 1. The van der Waals surface area contributed by atoms with Gasteiger partial charge in [-0.25, -0.2) is 0 Å². The van der Waals surface area contributed by atoms with E-state index in [2.05, 4.69) is 10.8 Å². The number of alkyl halides is 3. The lowest BCUT2D eigenvalue weighted by molar-refractivity contribution is -0.151. The molecule has 0 N–H and O–H groups in total. The highest BCUT2D eigenvalue weighted by Crippen LogP contribution is 2.22. The van der Waals surface area contributed by atoms with Gasteiger partial charge in [0.1, 0.15) is 10.2 Å². The first kappa shape index (κ1) is 9.70. The van der Waals surface area contributed by atoms with Crippen LogP contribution in [0.5, 0.6) is 5.75 Å². The quantitative estimate of drug-likeness (QED) is 0.612. The minimum absolute atomic E-state index is 0.162. The van der Waals surface area contributed by atoms with E-state index < -0.39 is 6.11 Å². The maximum absolute atomic E-state index is 12.6. The summed E-state index contributed by atoms with van der Waals surface area (Å²) in [7, 11) is 0. The highest BCUT2D eigenvalue weighted by atomic mass is 127. The van der Waals surface area contributed by atoms with Gasteiger partial charge in [-0.1, -0.05) is 34.7 Å². The number of rotatable bonds is 3. The Kier molecular flexibility index (Phi) is 3.25. The van der Waals surface area contributed by atoms with Crippen LogP contribution in [0.4, 0.5) is 8.78 Å². The highest BCUT2D eigenvalue weighted by Gasteiger charge is 2.29. The fourth-order valence-corrected chi connectivity index (χ4v) is 0.795. The van der Waals surface area contributed by atoms with E-state index in [0.717, 1.165) is 0 Å². The maximum atomic E-state index is 12.6. The molecule has 0 saturated heterocycles. The van der Waals surface area contributed by atoms with Crippen LogP contribution in [-0.2, 0) is 0 Å². The molecule has 0 aliphatic carbocycles. The molecule has 0 saturated carbocycles. The standard InChI is InChI=1S/C8H6F2IO/c9-8(10,6-11)12-7-4-2-1-3-5-7/h2-5H,6H2. The number of benzene rings is 1. The van der Waals surface area contributed by atoms with Crippen molar-refractivity contribution in [1.82, 2.24) is 0 Å². The van der Waals surface area contributed by atoms with Gasteiger partial charge in [-0.3, -0.25) is 0 Å². The Morgan fingerprint density at radius 3 is 2.50 bits per heavy atom. The van der Waals surface area contributed by atoms with Crippen molar-refractivity contribution in [3.05, 3.63) is 30.3 Å². The molecule has 0 fully saturated rings. The van der Waals surface area contributed by atoms with Crippen LogP contribution in [0.3, 0.4) is 0 Å². The van der Waals surface area contributed by atoms with E-state index in [-0.39, 0.29) is 10.2 Å². The molecule has 0 heterocycles. The van der Waals surface area contributed by atoms with Gasteiger partial charge in [0.15, 0.2) is 0 Å². The van der Waals surface area contributed by atoms with Crippen LogP contribution < -0.4 is 4.74 Å². The molecule has 0 bridgehead atoms. The van der Waals surface area contributed by atoms with Crippen molar-refractivity contribution in [2.24, 2.45) is 0 Å². The summed E-state index contributed by atoms with van der Waals surface area (Å²) in [6, 6.07) is 8.65. The molecule has 1 aromatic carbocycles. The summed E-state index contributed by atoms with van der Waals surface area (Å²) in [6.07, 6.45) is -3.08. The SMILES string of the molecule is FC(F)(CI)Oc1cc[c]cc1. The molecular formula is C8H6F2IO. The molecule has 4 heteroatoms. The molecule has 0 spiro atoms.